The third kappa shape index (κ3) is 5.43. The van der Waals surface area contributed by atoms with Gasteiger partial charge in [-0.2, -0.15) is 0 Å². The maximum Gasteiger partial charge on any atom is 0.330 e. The minimum atomic E-state index is -0.969. The van der Waals surface area contributed by atoms with Crippen molar-refractivity contribution < 1.29 is 38.5 Å². The maximum absolute atomic E-state index is 12.8. The number of cyclic esters (lactones) is 1. The van der Waals surface area contributed by atoms with E-state index in [0.29, 0.717) is 19.3 Å². The second-order valence-corrected chi connectivity index (χ2v) is 14.4. The van der Waals surface area contributed by atoms with E-state index in [1.54, 1.807) is 13.0 Å². The molecule has 7 atom stereocenters. The lowest BCUT2D eigenvalue weighted by Gasteiger charge is -2.59. The van der Waals surface area contributed by atoms with Gasteiger partial charge in [0.25, 0.3) is 0 Å². The van der Waals surface area contributed by atoms with E-state index in [1.165, 1.54) is 25.0 Å². The van der Waals surface area contributed by atoms with Crippen LogP contribution in [0.4, 0.5) is 0 Å². The fraction of sp³-hybridized carbons (Fsp3) is 0.765. The van der Waals surface area contributed by atoms with E-state index in [9.17, 15) is 24.3 Å². The number of allylic oxidation sites excluding steroid dienone is 1. The van der Waals surface area contributed by atoms with Crippen molar-refractivity contribution in [3.05, 3.63) is 22.8 Å². The molecule has 1 N–H and O–H groups in total. The number of carbonyl (C=O) groups is 4. The number of fused-ring (bicyclic) bond motifs is 4. The highest BCUT2D eigenvalue weighted by Crippen LogP contribution is 2.71. The van der Waals surface area contributed by atoms with E-state index in [0.717, 1.165) is 38.5 Å². The average molecular weight is 587 g/mol. The van der Waals surface area contributed by atoms with Crippen LogP contribution in [0.2, 0.25) is 0 Å². The van der Waals surface area contributed by atoms with Crippen LogP contribution in [-0.4, -0.2) is 47.3 Å². The van der Waals surface area contributed by atoms with Crippen LogP contribution in [0.25, 0.3) is 0 Å². The molecule has 4 aliphatic rings. The van der Waals surface area contributed by atoms with Crippen LogP contribution in [0.15, 0.2) is 22.8 Å². The van der Waals surface area contributed by atoms with Gasteiger partial charge in [-0.05, 0) is 88.4 Å². The van der Waals surface area contributed by atoms with Crippen molar-refractivity contribution in [2.45, 2.75) is 125 Å². The number of carboxylic acid groups (broad SMARTS) is 1. The van der Waals surface area contributed by atoms with Crippen molar-refractivity contribution >= 4 is 23.9 Å². The fourth-order valence-corrected chi connectivity index (χ4v) is 9.67. The zero-order chi connectivity index (χ0) is 31.3. The van der Waals surface area contributed by atoms with Crippen LogP contribution in [0.5, 0.6) is 0 Å². The molecule has 4 rings (SSSR count). The first kappa shape index (κ1) is 32.3. The van der Waals surface area contributed by atoms with Gasteiger partial charge in [-0.15, -0.1) is 0 Å². The molecule has 0 spiro atoms. The molecule has 0 aromatic carbocycles. The van der Waals surface area contributed by atoms with Gasteiger partial charge in [0.1, 0.15) is 18.3 Å². The van der Waals surface area contributed by atoms with Crippen molar-refractivity contribution in [3.63, 3.8) is 0 Å². The molecule has 42 heavy (non-hydrogen) atoms. The maximum atomic E-state index is 12.8. The van der Waals surface area contributed by atoms with Crippen LogP contribution in [0.1, 0.15) is 113 Å². The fourth-order valence-electron chi connectivity index (χ4n) is 9.67. The molecule has 0 radical (unpaired) electrons. The summed E-state index contributed by atoms with van der Waals surface area (Å²) in [6, 6.07) is 0. The van der Waals surface area contributed by atoms with Crippen LogP contribution in [-0.2, 0) is 33.4 Å². The largest absolute Gasteiger partial charge is 0.478 e. The Morgan fingerprint density at radius 3 is 2.29 bits per heavy atom. The van der Waals surface area contributed by atoms with Gasteiger partial charge in [0.15, 0.2) is 0 Å². The number of carboxylic acids is 1. The van der Waals surface area contributed by atoms with Crippen molar-refractivity contribution in [2.24, 2.45) is 34.0 Å². The van der Waals surface area contributed by atoms with Gasteiger partial charge in [-0.3, -0.25) is 14.4 Å². The summed E-state index contributed by atoms with van der Waals surface area (Å²) in [4.78, 5) is 48.4. The van der Waals surface area contributed by atoms with E-state index < -0.39 is 23.1 Å². The lowest BCUT2D eigenvalue weighted by molar-refractivity contribution is -0.165. The Bertz CT molecular complexity index is 1200. The van der Waals surface area contributed by atoms with Gasteiger partial charge in [0.2, 0.25) is 0 Å². The van der Waals surface area contributed by atoms with Gasteiger partial charge >= 0.3 is 23.9 Å². The third-order valence-electron chi connectivity index (χ3n) is 12.0. The number of ether oxygens (including phenoxy) is 3. The molecule has 0 amide bonds. The van der Waals surface area contributed by atoms with Gasteiger partial charge in [-0.1, -0.05) is 38.0 Å². The van der Waals surface area contributed by atoms with Crippen molar-refractivity contribution in [2.75, 3.05) is 6.61 Å². The summed E-state index contributed by atoms with van der Waals surface area (Å²) in [5, 5.41) is 9.37. The average Bonchev–Trinajstić information content (AvgIpc) is 3.12. The summed E-state index contributed by atoms with van der Waals surface area (Å²) in [6.07, 6.45) is 8.12. The van der Waals surface area contributed by atoms with Crippen molar-refractivity contribution in [3.8, 4) is 0 Å². The van der Waals surface area contributed by atoms with Crippen LogP contribution >= 0.6 is 0 Å². The Morgan fingerprint density at radius 1 is 0.976 bits per heavy atom. The molecule has 0 unspecified atom stereocenters. The van der Waals surface area contributed by atoms with E-state index in [-0.39, 0.29) is 58.7 Å². The second-order valence-electron chi connectivity index (χ2n) is 14.4. The highest BCUT2D eigenvalue weighted by atomic mass is 16.6. The zero-order valence-electron chi connectivity index (χ0n) is 26.8. The molecule has 8 heteroatoms. The van der Waals surface area contributed by atoms with E-state index in [4.69, 9.17) is 14.2 Å². The highest BCUT2D eigenvalue weighted by Gasteiger charge is 2.64. The molecule has 1 heterocycles. The summed E-state index contributed by atoms with van der Waals surface area (Å²) in [6.45, 7) is 15.6. The van der Waals surface area contributed by atoms with Gasteiger partial charge in [0.05, 0.1) is 0 Å². The Hall–Kier alpha value is -2.64. The molecule has 0 aromatic rings. The first-order valence-corrected chi connectivity index (χ1v) is 15.6. The number of aliphatic carboxylic acids is 1. The number of carbonyl (C=O) groups excluding carboxylic acids is 3. The summed E-state index contributed by atoms with van der Waals surface area (Å²) in [7, 11) is 0. The van der Waals surface area contributed by atoms with Crippen LogP contribution < -0.4 is 0 Å². The van der Waals surface area contributed by atoms with Crippen molar-refractivity contribution in [1.82, 2.24) is 0 Å². The SMILES string of the molecule is CC(=O)OC[C@]12CCC(=O)OC(C)(C)[C@@H]1CCC1=C2CC[C@]2(C)[C@@H]([C@H](C)[C@H](CC=C(C)C(=O)O)OC(C)=O)CC[C@@]12C. The van der Waals surface area contributed by atoms with Crippen LogP contribution in [0, 0.1) is 34.0 Å². The summed E-state index contributed by atoms with van der Waals surface area (Å²) in [5.74, 6) is -1.46. The van der Waals surface area contributed by atoms with Gasteiger partial charge in [0, 0.05) is 43.6 Å². The first-order chi connectivity index (χ1) is 19.5. The molecular formula is C34H50O8. The predicted octanol–water partition coefficient (Wildman–Crippen LogP) is 6.56. The number of hydrogen-bond donors (Lipinski definition) is 1. The standard InChI is InChI=1S/C34H50O8/c1-20(30(38)39)9-11-27(41-23(4)36)21(2)24-13-16-33(8)25-10-12-28-31(5,6)42-29(37)15-18-34(28,19-40-22(3)35)26(25)14-17-32(24,33)7/h9,21,24,27-28H,10-19H2,1-8H3,(H,38,39)/t21-,24+,27-,28-,32+,33-,34-/m0/s1. The molecule has 234 valence electrons. The topological polar surface area (TPSA) is 116 Å². The van der Waals surface area contributed by atoms with E-state index in [1.807, 2.05) is 13.8 Å². The molecule has 0 bridgehead atoms. The van der Waals surface area contributed by atoms with Gasteiger partial charge in [-0.25, -0.2) is 4.79 Å². The van der Waals surface area contributed by atoms with Gasteiger partial charge < -0.3 is 19.3 Å². The third-order valence-corrected chi connectivity index (χ3v) is 12.0. The lowest BCUT2D eigenvalue weighted by Crippen LogP contribution is -2.54. The highest BCUT2D eigenvalue weighted by molar-refractivity contribution is 5.85. The van der Waals surface area contributed by atoms with Crippen LogP contribution in [0.3, 0.4) is 0 Å². The Kier molecular flexibility index (Phi) is 8.81. The minimum absolute atomic E-state index is 0.0369. The molecule has 2 fully saturated rings. The molecule has 3 aliphatic carbocycles. The first-order valence-electron chi connectivity index (χ1n) is 15.6. The number of esters is 3. The smallest absolute Gasteiger partial charge is 0.330 e. The van der Waals surface area contributed by atoms with E-state index in [2.05, 4.69) is 20.8 Å². The molecule has 1 saturated heterocycles. The summed E-state index contributed by atoms with van der Waals surface area (Å²) in [5.41, 5.74) is 1.82. The monoisotopic (exact) mass is 586 g/mol. The Labute approximate surface area is 250 Å². The molecular weight excluding hydrogens is 536 g/mol. The molecule has 1 aliphatic heterocycles. The number of rotatable bonds is 8. The Morgan fingerprint density at radius 2 is 1.67 bits per heavy atom. The predicted molar refractivity (Wildman–Crippen MR) is 157 cm³/mol. The summed E-state index contributed by atoms with van der Waals surface area (Å²) < 4.78 is 17.6. The molecule has 0 aromatic heterocycles. The lowest BCUT2D eigenvalue weighted by atomic mass is 9.46. The summed E-state index contributed by atoms with van der Waals surface area (Å²) >= 11 is 0. The molecule has 1 saturated carbocycles. The quantitative estimate of drug-likeness (QED) is 0.147. The van der Waals surface area contributed by atoms with E-state index >= 15 is 0 Å². The van der Waals surface area contributed by atoms with Crippen molar-refractivity contribution in [1.29, 1.82) is 0 Å². The molecule has 8 nitrogen and oxygen atoms in total. The second kappa shape index (κ2) is 11.5. The zero-order valence-corrected chi connectivity index (χ0v) is 26.8. The Balaban J connectivity index is 1.75. The normalized spacial score (nSPS) is 35.5. The number of hydrogen-bond acceptors (Lipinski definition) is 7. The minimum Gasteiger partial charge on any atom is -0.478 e.